The summed E-state index contributed by atoms with van der Waals surface area (Å²) < 4.78 is 314. The Hall–Kier alpha value is -2.26. The maximum absolute atomic E-state index is 14.5. The molecule has 0 N–H and O–H groups in total. The maximum atomic E-state index is 14.5. The van der Waals surface area contributed by atoms with Gasteiger partial charge in [0.05, 0.1) is 6.61 Å². The predicted molar refractivity (Wildman–Crippen MR) is 103 cm³/mol. The van der Waals surface area contributed by atoms with Gasteiger partial charge in [0.1, 0.15) is 0 Å². The van der Waals surface area contributed by atoms with Gasteiger partial charge >= 0.3 is 72.5 Å². The first-order valence-corrected chi connectivity index (χ1v) is 12.0. The normalized spacial score (nSPS) is 18.6. The van der Waals surface area contributed by atoms with E-state index in [1.54, 1.807) is 11.7 Å². The predicted octanol–water partition coefficient (Wildman–Crippen LogP) is 9.60. The zero-order valence-corrected chi connectivity index (χ0v) is 22.7. The fourth-order valence-corrected chi connectivity index (χ4v) is 2.81. The topological polar surface area (TPSA) is 54.0 Å². The third-order valence-corrected chi connectivity index (χ3v) is 5.36. The number of carbonyl (C=O) groups excluding carboxylic acids is 1. The lowest BCUT2D eigenvalue weighted by Crippen LogP contribution is -2.70. The Kier molecular flexibility index (Phi) is 13.5. The lowest BCUT2D eigenvalue weighted by molar-refractivity contribution is -0.578. The highest BCUT2D eigenvalue weighted by Gasteiger charge is 2.88. The van der Waals surface area contributed by atoms with Gasteiger partial charge in [0.2, 0.25) is 0 Å². The molecule has 3 atom stereocenters. The third-order valence-electron chi connectivity index (χ3n) is 5.36. The number of carbonyl (C=O) groups is 1. The number of unbranched alkanes of at least 4 members (excludes halogenated alkanes) is 5. The number of hydrogen-bond donors (Lipinski definition) is 0. The minimum absolute atomic E-state index is 0.0691. The fourth-order valence-electron chi connectivity index (χ4n) is 2.81. The zero-order valence-electron chi connectivity index (χ0n) is 22.7. The number of ether oxygens (including phenoxy) is 4. The Morgan fingerprint density at radius 2 is 0.792 bits per heavy atom. The van der Waals surface area contributed by atoms with E-state index in [1.165, 1.54) is 4.74 Å². The molecule has 0 radical (unpaired) electrons. The van der Waals surface area contributed by atoms with Crippen molar-refractivity contribution in [3.8, 4) is 0 Å². The van der Waals surface area contributed by atoms with Gasteiger partial charge in [-0.05, 0) is 6.42 Å². The number of rotatable bonds is 17. The molecule has 0 bridgehead atoms. The first kappa shape index (κ1) is 45.7. The Morgan fingerprint density at radius 1 is 0.438 bits per heavy atom. The lowest BCUT2D eigenvalue weighted by Gasteiger charge is -2.42. The van der Waals surface area contributed by atoms with Crippen LogP contribution < -0.4 is 0 Å². The van der Waals surface area contributed by atoms with E-state index in [0.717, 1.165) is 4.74 Å². The summed E-state index contributed by atoms with van der Waals surface area (Å²) in [5.74, 6) is -36.5. The van der Waals surface area contributed by atoms with E-state index < -0.39 is 85.5 Å². The van der Waals surface area contributed by atoms with Crippen molar-refractivity contribution in [1.29, 1.82) is 0 Å². The van der Waals surface area contributed by atoms with Gasteiger partial charge in [-0.2, -0.15) is 101 Å². The van der Waals surface area contributed by atoms with Crippen LogP contribution in [0, 0.1) is 0 Å². The quantitative estimate of drug-likeness (QED) is 0.0838. The Balaban J connectivity index is 6.92. The van der Waals surface area contributed by atoms with Gasteiger partial charge in [-0.3, -0.25) is 14.2 Å². The van der Waals surface area contributed by atoms with Gasteiger partial charge in [0.15, 0.2) is 0 Å². The summed E-state index contributed by atoms with van der Waals surface area (Å²) in [5, 5.41) is 0. The van der Waals surface area contributed by atoms with Crippen molar-refractivity contribution in [2.24, 2.45) is 0 Å². The highest BCUT2D eigenvalue weighted by Crippen LogP contribution is 2.59. The molecule has 3 unspecified atom stereocenters. The van der Waals surface area contributed by atoms with Crippen molar-refractivity contribution in [3.05, 3.63) is 0 Å². The number of alkyl halides is 23. The molecule has 0 aromatic rings. The second kappa shape index (κ2) is 14.2. The van der Waals surface area contributed by atoms with E-state index in [1.807, 2.05) is 0 Å². The molecule has 0 aliphatic rings. The summed E-state index contributed by atoms with van der Waals surface area (Å²) in [6.07, 6.45) is -56.3. The van der Waals surface area contributed by atoms with E-state index in [4.69, 9.17) is 0 Å². The van der Waals surface area contributed by atoms with Gasteiger partial charge in [-0.1, -0.05) is 39.0 Å². The maximum Gasteiger partial charge on any atom is 0.462 e. The van der Waals surface area contributed by atoms with Crippen LogP contribution in [0.5, 0.6) is 0 Å². The molecule has 0 fully saturated rings. The Morgan fingerprint density at radius 3 is 1.15 bits per heavy atom. The second-order valence-electron chi connectivity index (χ2n) is 9.11. The number of esters is 1. The molecule has 5 nitrogen and oxygen atoms in total. The summed E-state index contributed by atoms with van der Waals surface area (Å²) in [5.41, 5.74) is 0. The van der Waals surface area contributed by atoms with Crippen LogP contribution >= 0.6 is 0 Å². The minimum Gasteiger partial charge on any atom is -0.461 e. The van der Waals surface area contributed by atoms with Gasteiger partial charge in [-0.15, -0.1) is 0 Å². The molecule has 48 heavy (non-hydrogen) atoms. The van der Waals surface area contributed by atoms with Gasteiger partial charge < -0.3 is 4.74 Å². The highest BCUT2D eigenvalue weighted by atomic mass is 19.4. The fraction of sp³-hybridized carbons (Fsp3) is 0.950. The number of hydrogen-bond acceptors (Lipinski definition) is 5. The molecule has 0 saturated carbocycles. The van der Waals surface area contributed by atoms with Crippen LogP contribution in [0.1, 0.15) is 45.4 Å². The van der Waals surface area contributed by atoms with E-state index in [9.17, 15) is 106 Å². The van der Waals surface area contributed by atoms with Gasteiger partial charge in [0.25, 0.3) is 0 Å². The molecular formula is C20H17F23O5. The number of halogens is 23. The van der Waals surface area contributed by atoms with Crippen molar-refractivity contribution in [1.82, 2.24) is 0 Å². The standard InChI is InChI=1S/C20H17F23O5/c1-2-3-4-5-6-7-8-45-9(44)10(21,14(26,27)28)46-19(40,41)12(24,16(32,33)34)48-20(42,43)13(25,17(35,36)37)47-18(38,39)11(22,23)15(29,30)31/h2-8H2,1H3. The molecular weight excluding hydrogens is 757 g/mol. The molecule has 0 saturated heterocycles. The van der Waals surface area contributed by atoms with Crippen LogP contribution in [-0.4, -0.2) is 79.1 Å². The monoisotopic (exact) mass is 774 g/mol. The molecule has 28 heteroatoms. The molecule has 0 spiro atoms. The Bertz CT molecular complexity index is 1070. The van der Waals surface area contributed by atoms with Crippen molar-refractivity contribution in [3.63, 3.8) is 0 Å². The zero-order chi connectivity index (χ0) is 38.9. The average Bonchev–Trinajstić information content (AvgIpc) is 2.84. The summed E-state index contributed by atoms with van der Waals surface area (Å²) >= 11 is 0. The molecule has 0 aliphatic carbocycles. The largest absolute Gasteiger partial charge is 0.462 e. The third kappa shape index (κ3) is 9.09. The van der Waals surface area contributed by atoms with Crippen LogP contribution in [0.2, 0.25) is 0 Å². The first-order valence-electron chi connectivity index (χ1n) is 12.0. The van der Waals surface area contributed by atoms with Crippen LogP contribution in [0.3, 0.4) is 0 Å². The molecule has 0 aromatic heterocycles. The van der Waals surface area contributed by atoms with E-state index >= 15 is 0 Å². The van der Waals surface area contributed by atoms with Crippen molar-refractivity contribution in [2.75, 3.05) is 6.61 Å². The smallest absolute Gasteiger partial charge is 0.461 e. The van der Waals surface area contributed by atoms with Crippen molar-refractivity contribution < 1.29 is 125 Å². The van der Waals surface area contributed by atoms with E-state index in [2.05, 4.69) is 4.74 Å². The highest BCUT2D eigenvalue weighted by molar-refractivity contribution is 5.78. The van der Waals surface area contributed by atoms with Crippen LogP contribution in [-0.2, 0) is 23.7 Å². The summed E-state index contributed by atoms with van der Waals surface area (Å²) in [7, 11) is 0. The second-order valence-corrected chi connectivity index (χ2v) is 9.11. The van der Waals surface area contributed by atoms with Crippen molar-refractivity contribution in [2.45, 2.75) is 112 Å². The molecule has 0 rings (SSSR count). The van der Waals surface area contributed by atoms with Gasteiger partial charge in [0, 0.05) is 0 Å². The van der Waals surface area contributed by atoms with E-state index in [-0.39, 0.29) is 12.8 Å². The molecule has 0 aromatic carbocycles. The lowest BCUT2D eigenvalue weighted by atomic mass is 10.1. The molecule has 0 amide bonds. The van der Waals surface area contributed by atoms with Crippen LogP contribution in [0.25, 0.3) is 0 Å². The van der Waals surface area contributed by atoms with Crippen LogP contribution in [0.15, 0.2) is 0 Å². The summed E-state index contributed by atoms with van der Waals surface area (Å²) in [4.78, 5) is 11.6. The minimum atomic E-state index is -8.75. The molecule has 0 heterocycles. The van der Waals surface area contributed by atoms with E-state index in [0.29, 0.717) is 19.3 Å². The Labute approximate surface area is 250 Å². The average molecular weight is 774 g/mol. The van der Waals surface area contributed by atoms with Crippen molar-refractivity contribution >= 4 is 5.97 Å². The van der Waals surface area contributed by atoms with Crippen LogP contribution in [0.4, 0.5) is 101 Å². The SMILES string of the molecule is CCCCCCCCOC(=O)C(F)(OC(F)(F)C(F)(OC(F)(F)C(F)(OC(F)(F)C(F)(F)C(F)(F)F)C(F)(F)F)C(F)(F)F)C(F)(F)F. The van der Waals surface area contributed by atoms with Gasteiger partial charge in [-0.25, -0.2) is 4.79 Å². The molecule has 288 valence electrons. The molecule has 0 aliphatic heterocycles. The first-order chi connectivity index (χ1) is 20.9. The summed E-state index contributed by atoms with van der Waals surface area (Å²) in [6.45, 7) is 0.309. The summed E-state index contributed by atoms with van der Waals surface area (Å²) in [6, 6.07) is 0.